The van der Waals surface area contributed by atoms with Crippen LogP contribution in [0.15, 0.2) is 39.6 Å². The minimum Gasteiger partial charge on any atom is -0.395 e. The molecular weight excluding hydrogens is 374 g/mol. The van der Waals surface area contributed by atoms with E-state index in [4.69, 9.17) is 4.42 Å². The fourth-order valence-electron chi connectivity index (χ4n) is 3.14. The first kappa shape index (κ1) is 19.1. The van der Waals surface area contributed by atoms with E-state index in [1.165, 1.54) is 21.3 Å². The van der Waals surface area contributed by atoms with Crippen LogP contribution in [0, 0.1) is 10.1 Å². The molecule has 0 saturated heterocycles. The summed E-state index contributed by atoms with van der Waals surface area (Å²) in [7, 11) is -3.58. The van der Waals surface area contributed by atoms with Crippen molar-refractivity contribution in [3.63, 3.8) is 0 Å². The number of hydrogen-bond acceptors (Lipinski definition) is 6. The molecule has 0 unspecified atom stereocenters. The molecule has 2 aromatic rings. The van der Waals surface area contributed by atoms with Crippen LogP contribution in [-0.4, -0.2) is 43.2 Å². The van der Waals surface area contributed by atoms with Gasteiger partial charge in [0.2, 0.25) is 10.0 Å². The molecule has 27 heavy (non-hydrogen) atoms. The summed E-state index contributed by atoms with van der Waals surface area (Å²) in [5.74, 6) is -1.13. The zero-order valence-electron chi connectivity index (χ0n) is 14.9. The van der Waals surface area contributed by atoms with E-state index in [1.54, 1.807) is 26.0 Å². The summed E-state index contributed by atoms with van der Waals surface area (Å²) in [5, 5.41) is 10.7. The van der Waals surface area contributed by atoms with Gasteiger partial charge in [0.15, 0.2) is 5.76 Å². The van der Waals surface area contributed by atoms with Crippen LogP contribution >= 0.6 is 0 Å². The summed E-state index contributed by atoms with van der Waals surface area (Å²) >= 11 is 0. The molecule has 0 N–H and O–H groups in total. The number of nitrogens with zero attached hydrogens (tertiary/aromatic N) is 3. The largest absolute Gasteiger partial charge is 0.433 e. The second-order valence-corrected chi connectivity index (χ2v) is 7.92. The SMILES string of the molecule is CCN(CC)S(=O)(=O)c1ccc2c(c1)CCN2C(=O)c1ccc([N+](=O)[O-])o1. The molecule has 144 valence electrons. The Morgan fingerprint density at radius 3 is 2.56 bits per heavy atom. The van der Waals surface area contributed by atoms with Crippen molar-refractivity contribution >= 4 is 27.5 Å². The lowest BCUT2D eigenvalue weighted by Crippen LogP contribution is -2.30. The van der Waals surface area contributed by atoms with Crippen molar-refractivity contribution in [2.24, 2.45) is 0 Å². The fraction of sp³-hybridized carbons (Fsp3) is 0.353. The van der Waals surface area contributed by atoms with E-state index >= 15 is 0 Å². The van der Waals surface area contributed by atoms with Crippen LogP contribution in [-0.2, 0) is 16.4 Å². The number of hydrogen-bond donors (Lipinski definition) is 0. The van der Waals surface area contributed by atoms with E-state index in [-0.39, 0.29) is 10.7 Å². The lowest BCUT2D eigenvalue weighted by molar-refractivity contribution is -0.402. The Morgan fingerprint density at radius 1 is 1.26 bits per heavy atom. The lowest BCUT2D eigenvalue weighted by atomic mass is 10.2. The molecule has 0 radical (unpaired) electrons. The number of fused-ring (bicyclic) bond motifs is 1. The van der Waals surface area contributed by atoms with Gasteiger partial charge in [0, 0.05) is 25.3 Å². The van der Waals surface area contributed by atoms with Gasteiger partial charge in [-0.1, -0.05) is 13.8 Å². The predicted molar refractivity (Wildman–Crippen MR) is 97.3 cm³/mol. The van der Waals surface area contributed by atoms with Crippen molar-refractivity contribution in [3.8, 4) is 0 Å². The Kier molecular flexibility index (Phi) is 5.03. The quantitative estimate of drug-likeness (QED) is 0.550. The van der Waals surface area contributed by atoms with Gasteiger partial charge < -0.3 is 9.32 Å². The molecule has 1 aromatic heterocycles. The highest BCUT2D eigenvalue weighted by Gasteiger charge is 2.31. The Morgan fingerprint density at radius 2 is 1.96 bits per heavy atom. The molecule has 10 heteroatoms. The molecule has 1 aliphatic heterocycles. The van der Waals surface area contributed by atoms with Crippen LogP contribution in [0.5, 0.6) is 0 Å². The normalized spacial score (nSPS) is 13.8. The summed E-state index contributed by atoms with van der Waals surface area (Å²) < 4.78 is 31.7. The minimum atomic E-state index is -3.58. The zero-order valence-corrected chi connectivity index (χ0v) is 15.7. The molecular formula is C17H19N3O6S. The molecule has 0 atom stereocenters. The van der Waals surface area contributed by atoms with Crippen LogP contribution in [0.25, 0.3) is 0 Å². The number of furan rings is 1. The van der Waals surface area contributed by atoms with E-state index in [2.05, 4.69) is 0 Å². The van der Waals surface area contributed by atoms with Crippen molar-refractivity contribution in [1.29, 1.82) is 0 Å². The lowest BCUT2D eigenvalue weighted by Gasteiger charge is -2.20. The zero-order chi connectivity index (χ0) is 19.8. The minimum absolute atomic E-state index is 0.130. The third-order valence-corrected chi connectivity index (χ3v) is 6.56. The van der Waals surface area contributed by atoms with Crippen LogP contribution < -0.4 is 4.90 Å². The molecule has 0 bridgehead atoms. The Bertz CT molecular complexity index is 994. The maximum absolute atomic E-state index is 12.7. The van der Waals surface area contributed by atoms with Crippen molar-refractivity contribution in [2.75, 3.05) is 24.5 Å². The number of rotatable bonds is 6. The van der Waals surface area contributed by atoms with Gasteiger partial charge in [0.05, 0.1) is 11.0 Å². The van der Waals surface area contributed by atoms with E-state index in [0.29, 0.717) is 31.7 Å². The molecule has 9 nitrogen and oxygen atoms in total. The van der Waals surface area contributed by atoms with Gasteiger partial charge >= 0.3 is 5.88 Å². The van der Waals surface area contributed by atoms with Gasteiger partial charge in [-0.25, -0.2) is 8.42 Å². The predicted octanol–water partition coefficient (Wildman–Crippen LogP) is 2.42. The maximum Gasteiger partial charge on any atom is 0.433 e. The maximum atomic E-state index is 12.7. The standard InChI is InChI=1S/C17H19N3O6S/c1-3-18(4-2)27(24,25)13-5-6-14-12(11-13)9-10-19(14)17(21)15-7-8-16(26-15)20(22)23/h5-8,11H,3-4,9-10H2,1-2H3. The van der Waals surface area contributed by atoms with Gasteiger partial charge in [-0.05, 0) is 36.2 Å². The van der Waals surface area contributed by atoms with Crippen LogP contribution in [0.2, 0.25) is 0 Å². The van der Waals surface area contributed by atoms with E-state index in [1.807, 2.05) is 0 Å². The molecule has 0 saturated carbocycles. The van der Waals surface area contributed by atoms with Gasteiger partial charge in [-0.15, -0.1) is 0 Å². The summed E-state index contributed by atoms with van der Waals surface area (Å²) in [4.78, 5) is 24.2. The molecule has 0 aliphatic carbocycles. The molecule has 0 fully saturated rings. The Balaban J connectivity index is 1.90. The summed E-state index contributed by atoms with van der Waals surface area (Å²) in [5.41, 5.74) is 1.31. The number of carbonyl (C=O) groups excluding carboxylic acids is 1. The number of carbonyl (C=O) groups is 1. The van der Waals surface area contributed by atoms with Gasteiger partial charge in [0.1, 0.15) is 4.92 Å². The number of nitro groups is 1. The third kappa shape index (κ3) is 3.33. The Hall–Kier alpha value is -2.72. The van der Waals surface area contributed by atoms with Gasteiger partial charge in [-0.3, -0.25) is 14.9 Å². The smallest absolute Gasteiger partial charge is 0.395 e. The van der Waals surface area contributed by atoms with Gasteiger partial charge in [0.25, 0.3) is 5.91 Å². The average molecular weight is 393 g/mol. The highest BCUT2D eigenvalue weighted by Crippen LogP contribution is 2.32. The van der Waals surface area contributed by atoms with Crippen LogP contribution in [0.1, 0.15) is 30.0 Å². The summed E-state index contributed by atoms with van der Waals surface area (Å²) in [6.45, 7) is 4.64. The number of benzene rings is 1. The summed E-state index contributed by atoms with van der Waals surface area (Å²) in [6, 6.07) is 7.04. The first-order chi connectivity index (χ1) is 12.8. The highest BCUT2D eigenvalue weighted by molar-refractivity contribution is 7.89. The first-order valence-corrected chi connectivity index (χ1v) is 9.92. The third-order valence-electron chi connectivity index (χ3n) is 4.52. The first-order valence-electron chi connectivity index (χ1n) is 8.48. The van der Waals surface area contributed by atoms with Crippen molar-refractivity contribution in [2.45, 2.75) is 25.2 Å². The summed E-state index contributed by atoms with van der Waals surface area (Å²) in [6.07, 6.45) is 0.492. The van der Waals surface area contributed by atoms with E-state index < -0.39 is 26.7 Å². The van der Waals surface area contributed by atoms with Crippen molar-refractivity contribution in [1.82, 2.24) is 4.31 Å². The molecule has 2 heterocycles. The van der Waals surface area contributed by atoms with E-state index in [9.17, 15) is 23.3 Å². The second-order valence-electron chi connectivity index (χ2n) is 5.98. The molecule has 3 rings (SSSR count). The highest BCUT2D eigenvalue weighted by atomic mass is 32.2. The molecule has 1 aliphatic rings. The molecule has 1 aromatic carbocycles. The molecule has 0 spiro atoms. The fourth-order valence-corrected chi connectivity index (χ4v) is 4.65. The van der Waals surface area contributed by atoms with E-state index in [0.717, 1.165) is 11.6 Å². The van der Waals surface area contributed by atoms with Crippen LogP contribution in [0.3, 0.4) is 0 Å². The van der Waals surface area contributed by atoms with Crippen molar-refractivity contribution in [3.05, 3.63) is 51.8 Å². The van der Waals surface area contributed by atoms with Crippen molar-refractivity contribution < 1.29 is 22.6 Å². The number of sulfonamides is 1. The molecule has 1 amide bonds. The number of amides is 1. The van der Waals surface area contributed by atoms with Crippen LogP contribution in [0.4, 0.5) is 11.6 Å². The monoisotopic (exact) mass is 393 g/mol. The topological polar surface area (TPSA) is 114 Å². The number of anilines is 1. The van der Waals surface area contributed by atoms with Gasteiger partial charge in [-0.2, -0.15) is 4.31 Å². The average Bonchev–Trinajstić information content (AvgIpc) is 3.29. The Labute approximate surface area is 156 Å². The second kappa shape index (κ2) is 7.12.